The Hall–Kier alpha value is -2.08. The summed E-state index contributed by atoms with van der Waals surface area (Å²) in [6, 6.07) is 7.47. The summed E-state index contributed by atoms with van der Waals surface area (Å²) in [5, 5.41) is 0. The van der Waals surface area contributed by atoms with Crippen LogP contribution in [0, 0.1) is 11.3 Å². The molecular formula is C19H27N3O3. The van der Waals surface area contributed by atoms with Crippen LogP contribution in [0.2, 0.25) is 0 Å². The molecule has 0 saturated carbocycles. The molecule has 6 heteroatoms. The molecule has 136 valence electrons. The van der Waals surface area contributed by atoms with Gasteiger partial charge in [0.1, 0.15) is 5.75 Å². The number of ether oxygens (including phenoxy) is 1. The maximum Gasteiger partial charge on any atom is 0.228 e. The maximum atomic E-state index is 12.9. The van der Waals surface area contributed by atoms with Crippen molar-refractivity contribution >= 4 is 17.5 Å². The van der Waals surface area contributed by atoms with Gasteiger partial charge < -0.3 is 20.3 Å². The number of methoxy groups -OCH3 is 1. The second kappa shape index (κ2) is 6.67. The number of amides is 2. The molecule has 0 aromatic heterocycles. The number of benzene rings is 1. The van der Waals surface area contributed by atoms with E-state index in [4.69, 9.17) is 10.5 Å². The Kier molecular flexibility index (Phi) is 4.73. The van der Waals surface area contributed by atoms with Gasteiger partial charge in [0.2, 0.25) is 11.8 Å². The van der Waals surface area contributed by atoms with Gasteiger partial charge in [-0.3, -0.25) is 9.59 Å². The first kappa shape index (κ1) is 17.7. The highest BCUT2D eigenvalue weighted by molar-refractivity contribution is 6.00. The average molecular weight is 345 g/mol. The van der Waals surface area contributed by atoms with E-state index in [1.165, 1.54) is 0 Å². The van der Waals surface area contributed by atoms with Gasteiger partial charge in [-0.25, -0.2) is 0 Å². The highest BCUT2D eigenvalue weighted by Gasteiger charge is 2.41. The third-order valence-electron chi connectivity index (χ3n) is 5.48. The number of carbonyl (C=O) groups is 2. The molecular weight excluding hydrogens is 318 g/mol. The molecule has 2 saturated heterocycles. The molecule has 2 N–H and O–H groups in total. The monoisotopic (exact) mass is 345 g/mol. The molecule has 0 bridgehead atoms. The average Bonchev–Trinajstić information content (AvgIpc) is 2.98. The molecule has 0 spiro atoms. The zero-order valence-corrected chi connectivity index (χ0v) is 15.2. The van der Waals surface area contributed by atoms with Gasteiger partial charge in [-0.2, -0.15) is 0 Å². The number of anilines is 1. The van der Waals surface area contributed by atoms with Gasteiger partial charge in [0.15, 0.2) is 0 Å². The van der Waals surface area contributed by atoms with Crippen molar-refractivity contribution in [2.24, 2.45) is 17.1 Å². The van der Waals surface area contributed by atoms with Crippen LogP contribution in [0.3, 0.4) is 0 Å². The van der Waals surface area contributed by atoms with Crippen LogP contribution < -0.4 is 15.4 Å². The van der Waals surface area contributed by atoms with E-state index in [2.05, 4.69) is 13.8 Å². The smallest absolute Gasteiger partial charge is 0.228 e. The van der Waals surface area contributed by atoms with Gasteiger partial charge in [-0.05, 0) is 36.1 Å². The lowest BCUT2D eigenvalue weighted by Crippen LogP contribution is -2.55. The highest BCUT2D eigenvalue weighted by atomic mass is 16.5. The molecule has 2 aliphatic rings. The fourth-order valence-corrected chi connectivity index (χ4v) is 3.70. The molecule has 2 unspecified atom stereocenters. The molecule has 3 rings (SSSR count). The molecule has 0 radical (unpaired) electrons. The minimum absolute atomic E-state index is 0.00325. The first-order chi connectivity index (χ1) is 11.8. The van der Waals surface area contributed by atoms with E-state index >= 15 is 0 Å². The lowest BCUT2D eigenvalue weighted by molar-refractivity contribution is -0.139. The van der Waals surface area contributed by atoms with E-state index in [9.17, 15) is 9.59 Å². The molecule has 2 heterocycles. The molecule has 1 aromatic rings. The summed E-state index contributed by atoms with van der Waals surface area (Å²) in [6.07, 6.45) is 1.08. The number of hydrogen-bond acceptors (Lipinski definition) is 4. The Labute approximate surface area is 148 Å². The number of rotatable bonds is 3. The molecule has 2 aliphatic heterocycles. The topological polar surface area (TPSA) is 75.9 Å². The zero-order valence-electron chi connectivity index (χ0n) is 15.2. The van der Waals surface area contributed by atoms with Gasteiger partial charge in [0.25, 0.3) is 0 Å². The van der Waals surface area contributed by atoms with Crippen molar-refractivity contribution in [1.29, 1.82) is 0 Å². The zero-order chi connectivity index (χ0) is 18.2. The van der Waals surface area contributed by atoms with Gasteiger partial charge in [0.05, 0.1) is 13.0 Å². The van der Waals surface area contributed by atoms with Crippen LogP contribution in [0.5, 0.6) is 5.75 Å². The van der Waals surface area contributed by atoms with Gasteiger partial charge >= 0.3 is 0 Å². The third kappa shape index (κ3) is 3.49. The van der Waals surface area contributed by atoms with Crippen LogP contribution in [0.25, 0.3) is 0 Å². The van der Waals surface area contributed by atoms with Crippen molar-refractivity contribution in [1.82, 2.24) is 4.90 Å². The second-order valence-corrected chi connectivity index (χ2v) is 7.75. The molecule has 6 nitrogen and oxygen atoms in total. The Morgan fingerprint density at radius 2 is 1.96 bits per heavy atom. The maximum absolute atomic E-state index is 12.9. The minimum atomic E-state index is -0.278. The quantitative estimate of drug-likeness (QED) is 0.903. The van der Waals surface area contributed by atoms with Crippen molar-refractivity contribution in [3.63, 3.8) is 0 Å². The molecule has 1 aromatic carbocycles. The van der Waals surface area contributed by atoms with Crippen LogP contribution >= 0.6 is 0 Å². The molecule has 0 aliphatic carbocycles. The van der Waals surface area contributed by atoms with Crippen molar-refractivity contribution < 1.29 is 14.3 Å². The van der Waals surface area contributed by atoms with Crippen LogP contribution in [-0.2, 0) is 9.59 Å². The van der Waals surface area contributed by atoms with E-state index in [0.29, 0.717) is 19.6 Å². The molecule has 25 heavy (non-hydrogen) atoms. The summed E-state index contributed by atoms with van der Waals surface area (Å²) in [6.45, 7) is 5.96. The fourth-order valence-electron chi connectivity index (χ4n) is 3.70. The first-order valence-corrected chi connectivity index (χ1v) is 8.80. The SMILES string of the molecule is COc1ccc(N2CC(C(=O)N3CCC(N)C(C)(C)C3)CC2=O)cc1. The van der Waals surface area contributed by atoms with Gasteiger partial charge in [0, 0.05) is 37.8 Å². The Bertz CT molecular complexity index is 656. The Morgan fingerprint density at radius 1 is 1.28 bits per heavy atom. The van der Waals surface area contributed by atoms with E-state index in [1.54, 1.807) is 12.0 Å². The van der Waals surface area contributed by atoms with Crippen LogP contribution in [-0.4, -0.2) is 49.5 Å². The lowest BCUT2D eigenvalue weighted by Gasteiger charge is -2.43. The predicted molar refractivity (Wildman–Crippen MR) is 96.4 cm³/mol. The summed E-state index contributed by atoms with van der Waals surface area (Å²) in [5.41, 5.74) is 6.88. The fraction of sp³-hybridized carbons (Fsp3) is 0.579. The van der Waals surface area contributed by atoms with Gasteiger partial charge in [-0.1, -0.05) is 13.8 Å². The summed E-state index contributed by atoms with van der Waals surface area (Å²) < 4.78 is 5.15. The van der Waals surface area contributed by atoms with Crippen LogP contribution in [0.1, 0.15) is 26.7 Å². The second-order valence-electron chi connectivity index (χ2n) is 7.75. The Balaban J connectivity index is 1.68. The number of nitrogens with two attached hydrogens (primary N) is 1. The van der Waals surface area contributed by atoms with Gasteiger partial charge in [-0.15, -0.1) is 0 Å². The van der Waals surface area contributed by atoms with Crippen molar-refractivity contribution in [2.45, 2.75) is 32.7 Å². The lowest BCUT2D eigenvalue weighted by atomic mass is 9.79. The number of piperidine rings is 1. The predicted octanol–water partition coefficient (Wildman–Crippen LogP) is 1.63. The van der Waals surface area contributed by atoms with E-state index in [1.807, 2.05) is 29.2 Å². The summed E-state index contributed by atoms with van der Waals surface area (Å²) in [7, 11) is 1.61. The van der Waals surface area contributed by atoms with E-state index in [0.717, 1.165) is 17.9 Å². The summed E-state index contributed by atoms with van der Waals surface area (Å²) >= 11 is 0. The van der Waals surface area contributed by atoms with Crippen LogP contribution in [0.15, 0.2) is 24.3 Å². The van der Waals surface area contributed by atoms with Crippen molar-refractivity contribution in [3.8, 4) is 5.75 Å². The minimum Gasteiger partial charge on any atom is -0.497 e. The molecule has 2 fully saturated rings. The normalized spacial score (nSPS) is 26.0. The standard InChI is InChI=1S/C19H27N3O3/c1-19(2)12-21(9-8-16(19)20)18(24)13-10-17(23)22(11-13)14-4-6-15(25-3)7-5-14/h4-7,13,16H,8-12,20H2,1-3H3. The highest BCUT2D eigenvalue weighted by Crippen LogP contribution is 2.32. The summed E-state index contributed by atoms with van der Waals surface area (Å²) in [5.74, 6) is 0.537. The number of nitrogens with zero attached hydrogens (tertiary/aromatic N) is 2. The van der Waals surface area contributed by atoms with E-state index in [-0.39, 0.29) is 35.6 Å². The number of likely N-dealkylation sites (tertiary alicyclic amines) is 1. The van der Waals surface area contributed by atoms with Crippen LogP contribution in [0.4, 0.5) is 5.69 Å². The summed E-state index contributed by atoms with van der Waals surface area (Å²) in [4.78, 5) is 28.9. The largest absolute Gasteiger partial charge is 0.497 e. The Morgan fingerprint density at radius 3 is 2.56 bits per heavy atom. The molecule has 2 atom stereocenters. The van der Waals surface area contributed by atoms with Crippen molar-refractivity contribution in [2.75, 3.05) is 31.6 Å². The van der Waals surface area contributed by atoms with E-state index < -0.39 is 0 Å². The first-order valence-electron chi connectivity index (χ1n) is 8.80. The van der Waals surface area contributed by atoms with Crippen molar-refractivity contribution in [3.05, 3.63) is 24.3 Å². The molecule has 2 amide bonds. The third-order valence-corrected chi connectivity index (χ3v) is 5.48. The number of carbonyl (C=O) groups excluding carboxylic acids is 2. The number of hydrogen-bond donors (Lipinski definition) is 1.